The van der Waals surface area contributed by atoms with Gasteiger partial charge in [0.15, 0.2) is 11.4 Å². The lowest BCUT2D eigenvalue weighted by atomic mass is 10.2. The van der Waals surface area contributed by atoms with Crippen molar-refractivity contribution in [2.45, 2.75) is 6.54 Å². The maximum Gasteiger partial charge on any atom is 0.299 e. The second-order valence-corrected chi connectivity index (χ2v) is 8.54. The van der Waals surface area contributed by atoms with Crippen molar-refractivity contribution in [3.8, 4) is 28.7 Å². The molecule has 2 aromatic heterocycles. The van der Waals surface area contributed by atoms with Crippen LogP contribution in [0.15, 0.2) is 107 Å². The number of aromatic nitrogens is 2. The Morgan fingerprint density at radius 1 is 0.900 bits per heavy atom. The number of ether oxygens (including phenoxy) is 3. The summed E-state index contributed by atoms with van der Waals surface area (Å²) in [4.78, 5) is 26.2. The third-order valence-electron chi connectivity index (χ3n) is 5.95. The lowest BCUT2D eigenvalue weighted by Gasteiger charge is -2.15. The van der Waals surface area contributed by atoms with Gasteiger partial charge in [0.25, 0.3) is 11.5 Å². The Labute approximate surface area is 229 Å². The molecule has 0 aliphatic carbocycles. The molecule has 0 saturated heterocycles. The molecule has 3 aromatic carbocycles. The molecule has 40 heavy (non-hydrogen) atoms. The molecule has 0 radical (unpaired) electrons. The van der Waals surface area contributed by atoms with Gasteiger partial charge in [-0.3, -0.25) is 9.59 Å². The third kappa shape index (κ3) is 5.97. The number of furan rings is 1. The normalized spacial score (nSPS) is 10.6. The molecule has 10 heteroatoms. The number of hydrogen-bond acceptors (Lipinski definition) is 8. The topological polar surface area (TPSA) is 117 Å². The van der Waals surface area contributed by atoms with Crippen molar-refractivity contribution >= 4 is 17.3 Å². The van der Waals surface area contributed by atoms with E-state index in [1.807, 2.05) is 0 Å². The molecular formula is C30H26N4O6. The Balaban J connectivity index is 1.44. The molecule has 5 rings (SSSR count). The smallest absolute Gasteiger partial charge is 0.299 e. The maximum atomic E-state index is 13.7. The van der Waals surface area contributed by atoms with E-state index >= 15 is 0 Å². The van der Waals surface area contributed by atoms with Crippen LogP contribution in [0.5, 0.6) is 23.0 Å². The van der Waals surface area contributed by atoms with Crippen LogP contribution in [-0.4, -0.2) is 29.9 Å². The Bertz CT molecular complexity index is 1650. The van der Waals surface area contributed by atoms with Crippen LogP contribution in [0.1, 0.15) is 16.1 Å². The summed E-state index contributed by atoms with van der Waals surface area (Å²) >= 11 is 0. The number of benzene rings is 3. The van der Waals surface area contributed by atoms with Gasteiger partial charge in [-0.2, -0.15) is 9.78 Å². The van der Waals surface area contributed by atoms with Crippen molar-refractivity contribution in [3.05, 3.63) is 119 Å². The molecule has 0 aliphatic rings. The van der Waals surface area contributed by atoms with Crippen LogP contribution < -0.4 is 30.4 Å². The summed E-state index contributed by atoms with van der Waals surface area (Å²) in [5.41, 5.74) is 1.29. The number of hydrogen-bond donors (Lipinski definition) is 2. The zero-order valence-electron chi connectivity index (χ0n) is 21.8. The molecule has 0 spiro atoms. The number of nitrogens with one attached hydrogen (secondary N) is 2. The van der Waals surface area contributed by atoms with Gasteiger partial charge in [0.2, 0.25) is 0 Å². The predicted molar refractivity (Wildman–Crippen MR) is 149 cm³/mol. The molecular weight excluding hydrogens is 512 g/mol. The van der Waals surface area contributed by atoms with Gasteiger partial charge >= 0.3 is 0 Å². The SMILES string of the molecule is COc1ccc(-n2ncc(Oc3cccc(OC)c3)c(Nc3ccc(C(=O)NCc4ccco4)cc3)c2=O)cc1. The Hall–Kier alpha value is -5.51. The number of methoxy groups -OCH3 is 2. The Kier molecular flexibility index (Phi) is 7.77. The molecule has 2 heterocycles. The summed E-state index contributed by atoms with van der Waals surface area (Å²) in [6, 6.07) is 24.2. The molecule has 0 unspecified atom stereocenters. The van der Waals surface area contributed by atoms with Gasteiger partial charge in [-0.1, -0.05) is 6.07 Å². The summed E-state index contributed by atoms with van der Waals surface area (Å²) < 4.78 is 23.1. The fourth-order valence-electron chi connectivity index (χ4n) is 3.86. The molecule has 5 aromatic rings. The highest BCUT2D eigenvalue weighted by molar-refractivity contribution is 5.94. The molecule has 0 atom stereocenters. The van der Waals surface area contributed by atoms with E-state index in [2.05, 4.69) is 15.7 Å². The van der Waals surface area contributed by atoms with E-state index in [9.17, 15) is 9.59 Å². The minimum atomic E-state index is -0.439. The van der Waals surface area contributed by atoms with E-state index in [4.69, 9.17) is 18.6 Å². The average Bonchev–Trinajstić information content (AvgIpc) is 3.52. The molecule has 202 valence electrons. The molecule has 2 N–H and O–H groups in total. The number of nitrogens with zero attached hydrogens (tertiary/aromatic N) is 2. The zero-order valence-corrected chi connectivity index (χ0v) is 21.8. The zero-order chi connectivity index (χ0) is 27.9. The van der Waals surface area contributed by atoms with Crippen molar-refractivity contribution in [2.24, 2.45) is 0 Å². The standard InChI is InChI=1S/C30H26N4O6/c1-37-23-14-12-22(13-15-23)34-30(36)28(27(19-32-34)40-25-6-3-5-24(17-25)38-2)33-21-10-8-20(9-11-21)29(35)31-18-26-7-4-16-39-26/h3-17,19,33H,18H2,1-2H3,(H,31,35). The van der Waals surface area contributed by atoms with Crippen LogP contribution in [0.25, 0.3) is 5.69 Å². The quantitative estimate of drug-likeness (QED) is 0.246. The lowest BCUT2D eigenvalue weighted by molar-refractivity contribution is 0.0948. The van der Waals surface area contributed by atoms with E-state index in [0.717, 1.165) is 0 Å². The van der Waals surface area contributed by atoms with Gasteiger partial charge < -0.3 is 29.3 Å². The minimum Gasteiger partial charge on any atom is -0.497 e. The van der Waals surface area contributed by atoms with Crippen molar-refractivity contribution in [1.82, 2.24) is 15.1 Å². The molecule has 1 amide bonds. The molecule has 0 aliphatic heterocycles. The van der Waals surface area contributed by atoms with E-state index in [1.165, 1.54) is 10.9 Å². The first kappa shape index (κ1) is 26.1. The van der Waals surface area contributed by atoms with E-state index in [-0.39, 0.29) is 23.9 Å². The van der Waals surface area contributed by atoms with Gasteiger partial charge in [0, 0.05) is 17.3 Å². The molecule has 10 nitrogen and oxygen atoms in total. The van der Waals surface area contributed by atoms with Crippen molar-refractivity contribution in [1.29, 1.82) is 0 Å². The van der Waals surface area contributed by atoms with Gasteiger partial charge in [-0.15, -0.1) is 0 Å². The first-order valence-corrected chi connectivity index (χ1v) is 12.3. The lowest BCUT2D eigenvalue weighted by Crippen LogP contribution is -2.24. The number of rotatable bonds is 10. The van der Waals surface area contributed by atoms with Crippen LogP contribution in [0.3, 0.4) is 0 Å². The van der Waals surface area contributed by atoms with Gasteiger partial charge in [-0.05, 0) is 72.8 Å². The van der Waals surface area contributed by atoms with Crippen LogP contribution in [-0.2, 0) is 6.54 Å². The van der Waals surface area contributed by atoms with Crippen LogP contribution in [0.2, 0.25) is 0 Å². The van der Waals surface area contributed by atoms with Gasteiger partial charge in [0.05, 0.1) is 38.9 Å². The average molecular weight is 539 g/mol. The van der Waals surface area contributed by atoms with Crippen molar-refractivity contribution in [2.75, 3.05) is 19.5 Å². The summed E-state index contributed by atoms with van der Waals surface area (Å²) in [7, 11) is 3.13. The Morgan fingerprint density at radius 3 is 2.35 bits per heavy atom. The summed E-state index contributed by atoms with van der Waals surface area (Å²) in [5.74, 6) is 2.34. The number of amides is 1. The second-order valence-electron chi connectivity index (χ2n) is 8.54. The third-order valence-corrected chi connectivity index (χ3v) is 5.95. The van der Waals surface area contributed by atoms with E-state index in [1.54, 1.807) is 105 Å². The van der Waals surface area contributed by atoms with Gasteiger partial charge in [0.1, 0.15) is 23.0 Å². The number of carbonyl (C=O) groups is 1. The van der Waals surface area contributed by atoms with Crippen molar-refractivity contribution in [3.63, 3.8) is 0 Å². The molecule has 0 bridgehead atoms. The maximum absolute atomic E-state index is 13.7. The van der Waals surface area contributed by atoms with E-state index < -0.39 is 5.56 Å². The largest absolute Gasteiger partial charge is 0.497 e. The number of anilines is 2. The van der Waals surface area contributed by atoms with Crippen LogP contribution in [0, 0.1) is 0 Å². The highest BCUT2D eigenvalue weighted by Crippen LogP contribution is 2.30. The Morgan fingerprint density at radius 2 is 1.65 bits per heavy atom. The minimum absolute atomic E-state index is 0.156. The van der Waals surface area contributed by atoms with Gasteiger partial charge in [-0.25, -0.2) is 0 Å². The summed E-state index contributed by atoms with van der Waals surface area (Å²) in [6.45, 7) is 0.277. The molecule has 0 fully saturated rings. The van der Waals surface area contributed by atoms with Crippen molar-refractivity contribution < 1.29 is 23.4 Å². The van der Waals surface area contributed by atoms with Crippen LogP contribution in [0.4, 0.5) is 11.4 Å². The first-order chi connectivity index (χ1) is 19.5. The second kappa shape index (κ2) is 11.9. The highest BCUT2D eigenvalue weighted by atomic mass is 16.5. The summed E-state index contributed by atoms with van der Waals surface area (Å²) in [6.07, 6.45) is 3.01. The first-order valence-electron chi connectivity index (χ1n) is 12.3. The number of carbonyl (C=O) groups excluding carboxylic acids is 1. The predicted octanol–water partition coefficient (Wildman–Crippen LogP) is 5.31. The van der Waals surface area contributed by atoms with Crippen LogP contribution >= 0.6 is 0 Å². The highest BCUT2D eigenvalue weighted by Gasteiger charge is 2.16. The monoisotopic (exact) mass is 538 g/mol. The van der Waals surface area contributed by atoms with E-state index in [0.29, 0.717) is 39.9 Å². The fourth-order valence-corrected chi connectivity index (χ4v) is 3.86. The molecule has 0 saturated carbocycles. The summed E-state index contributed by atoms with van der Waals surface area (Å²) in [5, 5.41) is 10.3. The fraction of sp³-hybridized carbons (Fsp3) is 0.100.